The maximum absolute atomic E-state index is 13.6. The molecule has 2 fully saturated rings. The Balaban J connectivity index is 1.44. The van der Waals surface area contributed by atoms with Gasteiger partial charge in [0, 0.05) is 38.3 Å². The average Bonchev–Trinajstić information content (AvgIpc) is 3.40. The van der Waals surface area contributed by atoms with Crippen molar-refractivity contribution in [2.45, 2.75) is 44.2 Å². The fourth-order valence-electron chi connectivity index (χ4n) is 4.97. The zero-order chi connectivity index (χ0) is 22.6. The van der Waals surface area contributed by atoms with Crippen LogP contribution in [0.2, 0.25) is 0 Å². The zero-order valence-electron chi connectivity index (χ0n) is 19.1. The monoisotopic (exact) mass is 444 g/mol. The minimum Gasteiger partial charge on any atom is -0.493 e. The molecule has 0 radical (unpaired) electrons. The highest BCUT2D eigenvalue weighted by atomic mass is 16.5. The molecule has 0 unspecified atom stereocenters. The number of hydrogen-bond acceptors (Lipinski definition) is 8. The summed E-state index contributed by atoms with van der Waals surface area (Å²) in [5, 5.41) is 11.7. The van der Waals surface area contributed by atoms with Gasteiger partial charge in [-0.3, -0.25) is 9.69 Å². The lowest BCUT2D eigenvalue weighted by atomic mass is 9.80. The standard InChI is InChI=1S/C22H32N6O4/c1-30-18-8-7-17(19(31-2)20(18)32-3)15-26-11-13-27(14-12-26)21(29)22(9-5-4-6-10-22)28-16-23-24-25-28/h7-8,16H,4-6,9-15H2,1-3H3. The largest absolute Gasteiger partial charge is 0.493 e. The molecule has 1 saturated carbocycles. The second kappa shape index (κ2) is 9.72. The van der Waals surface area contributed by atoms with E-state index in [0.717, 1.165) is 50.8 Å². The first-order valence-electron chi connectivity index (χ1n) is 11.2. The van der Waals surface area contributed by atoms with Crippen LogP contribution in [-0.2, 0) is 16.9 Å². The van der Waals surface area contributed by atoms with Crippen LogP contribution < -0.4 is 14.2 Å². The molecule has 10 heteroatoms. The fraction of sp³-hybridized carbons (Fsp3) is 0.636. The van der Waals surface area contributed by atoms with Crippen LogP contribution in [0.25, 0.3) is 0 Å². The van der Waals surface area contributed by atoms with E-state index < -0.39 is 5.54 Å². The van der Waals surface area contributed by atoms with Gasteiger partial charge in [-0.25, -0.2) is 4.68 Å². The highest BCUT2D eigenvalue weighted by Crippen LogP contribution is 2.40. The molecule has 1 aromatic heterocycles. The van der Waals surface area contributed by atoms with Gasteiger partial charge in [0.15, 0.2) is 11.5 Å². The normalized spacial score (nSPS) is 18.9. The second-order valence-corrected chi connectivity index (χ2v) is 8.41. The summed E-state index contributed by atoms with van der Waals surface area (Å²) in [4.78, 5) is 17.9. The molecule has 2 aliphatic rings. The first-order valence-corrected chi connectivity index (χ1v) is 11.2. The molecule has 0 spiro atoms. The molecule has 10 nitrogen and oxygen atoms in total. The molecule has 32 heavy (non-hydrogen) atoms. The van der Waals surface area contributed by atoms with E-state index in [1.54, 1.807) is 32.3 Å². The van der Waals surface area contributed by atoms with Crippen molar-refractivity contribution in [1.82, 2.24) is 30.0 Å². The summed E-state index contributed by atoms with van der Waals surface area (Å²) in [7, 11) is 4.86. The summed E-state index contributed by atoms with van der Waals surface area (Å²) in [6.45, 7) is 3.64. The van der Waals surface area contributed by atoms with E-state index in [1.807, 2.05) is 17.0 Å². The Labute approximate surface area is 188 Å². The van der Waals surface area contributed by atoms with Crippen LogP contribution in [0, 0.1) is 0 Å². The van der Waals surface area contributed by atoms with Crippen LogP contribution in [0.4, 0.5) is 0 Å². The Bertz CT molecular complexity index is 905. The molecule has 1 aliphatic carbocycles. The lowest BCUT2D eigenvalue weighted by Gasteiger charge is -2.42. The summed E-state index contributed by atoms with van der Waals surface area (Å²) in [5.74, 6) is 2.07. The molecule has 0 bridgehead atoms. The second-order valence-electron chi connectivity index (χ2n) is 8.41. The number of hydrogen-bond donors (Lipinski definition) is 0. The number of ether oxygens (including phenoxy) is 3. The third-order valence-electron chi connectivity index (χ3n) is 6.71. The summed E-state index contributed by atoms with van der Waals surface area (Å²) in [5.41, 5.74) is 0.388. The maximum atomic E-state index is 13.6. The van der Waals surface area contributed by atoms with Gasteiger partial charge in [-0.05, 0) is 29.3 Å². The third-order valence-corrected chi connectivity index (χ3v) is 6.71. The van der Waals surface area contributed by atoms with Crippen LogP contribution in [0.1, 0.15) is 37.7 Å². The van der Waals surface area contributed by atoms with E-state index >= 15 is 0 Å². The Hall–Kier alpha value is -2.88. The number of piperazine rings is 1. The van der Waals surface area contributed by atoms with E-state index in [-0.39, 0.29) is 5.91 Å². The van der Waals surface area contributed by atoms with Crippen molar-refractivity contribution in [2.75, 3.05) is 47.5 Å². The Morgan fingerprint density at radius 3 is 2.28 bits per heavy atom. The average molecular weight is 445 g/mol. The van der Waals surface area contributed by atoms with E-state index in [9.17, 15) is 4.79 Å². The van der Waals surface area contributed by atoms with Gasteiger partial charge in [0.2, 0.25) is 5.75 Å². The van der Waals surface area contributed by atoms with Gasteiger partial charge >= 0.3 is 0 Å². The highest BCUT2D eigenvalue weighted by Gasteiger charge is 2.45. The van der Waals surface area contributed by atoms with Gasteiger partial charge in [-0.15, -0.1) is 5.10 Å². The number of carbonyl (C=O) groups is 1. The molecule has 1 aliphatic heterocycles. The third kappa shape index (κ3) is 4.11. The maximum Gasteiger partial charge on any atom is 0.250 e. The minimum atomic E-state index is -0.642. The van der Waals surface area contributed by atoms with Gasteiger partial charge < -0.3 is 19.1 Å². The number of rotatable bonds is 7. The molecule has 1 saturated heterocycles. The van der Waals surface area contributed by atoms with Crippen LogP contribution in [0.15, 0.2) is 18.5 Å². The molecular weight excluding hydrogens is 412 g/mol. The summed E-state index contributed by atoms with van der Waals surface area (Å²) >= 11 is 0. The minimum absolute atomic E-state index is 0.146. The predicted octanol–water partition coefficient (Wildman–Crippen LogP) is 1.70. The lowest BCUT2D eigenvalue weighted by molar-refractivity contribution is -0.145. The summed E-state index contributed by atoms with van der Waals surface area (Å²) in [6, 6.07) is 3.90. The van der Waals surface area contributed by atoms with Crippen molar-refractivity contribution < 1.29 is 19.0 Å². The molecular formula is C22H32N6O4. The van der Waals surface area contributed by atoms with E-state index in [2.05, 4.69) is 20.4 Å². The van der Waals surface area contributed by atoms with Crippen LogP contribution >= 0.6 is 0 Å². The fourth-order valence-corrected chi connectivity index (χ4v) is 4.97. The van der Waals surface area contributed by atoms with Gasteiger partial charge in [0.1, 0.15) is 11.9 Å². The van der Waals surface area contributed by atoms with Crippen LogP contribution in [0.3, 0.4) is 0 Å². The van der Waals surface area contributed by atoms with E-state index in [1.165, 1.54) is 0 Å². The molecule has 1 amide bonds. The molecule has 4 rings (SSSR count). The van der Waals surface area contributed by atoms with Crippen LogP contribution in [-0.4, -0.2) is 83.4 Å². The molecule has 0 atom stereocenters. The van der Waals surface area contributed by atoms with Crippen molar-refractivity contribution in [3.8, 4) is 17.2 Å². The molecule has 174 valence electrons. The lowest BCUT2D eigenvalue weighted by Crippen LogP contribution is -2.57. The Kier molecular flexibility index (Phi) is 6.78. The van der Waals surface area contributed by atoms with Gasteiger partial charge in [0.05, 0.1) is 21.3 Å². The van der Waals surface area contributed by atoms with Crippen molar-refractivity contribution >= 4 is 5.91 Å². The topological polar surface area (TPSA) is 94.8 Å². The SMILES string of the molecule is COc1ccc(CN2CCN(C(=O)C3(n4cnnn4)CCCCC3)CC2)c(OC)c1OC. The number of aromatic nitrogens is 4. The number of carbonyl (C=O) groups excluding carboxylic acids is 1. The van der Waals surface area contributed by atoms with Crippen molar-refractivity contribution in [2.24, 2.45) is 0 Å². The summed E-state index contributed by atoms with van der Waals surface area (Å²) in [6.07, 6.45) is 6.36. The highest BCUT2D eigenvalue weighted by molar-refractivity contribution is 5.84. The van der Waals surface area contributed by atoms with Gasteiger partial charge in [-0.1, -0.05) is 25.3 Å². The summed E-state index contributed by atoms with van der Waals surface area (Å²) < 4.78 is 18.2. The van der Waals surface area contributed by atoms with Gasteiger partial charge in [-0.2, -0.15) is 0 Å². The van der Waals surface area contributed by atoms with E-state index in [0.29, 0.717) is 36.9 Å². The molecule has 1 aromatic carbocycles. The molecule has 2 heterocycles. The van der Waals surface area contributed by atoms with Crippen LogP contribution in [0.5, 0.6) is 17.2 Å². The number of nitrogens with zero attached hydrogens (tertiary/aromatic N) is 6. The number of tetrazole rings is 1. The van der Waals surface area contributed by atoms with Crippen molar-refractivity contribution in [3.05, 3.63) is 24.0 Å². The zero-order valence-corrected chi connectivity index (χ0v) is 19.1. The van der Waals surface area contributed by atoms with E-state index in [4.69, 9.17) is 14.2 Å². The van der Waals surface area contributed by atoms with Gasteiger partial charge in [0.25, 0.3) is 5.91 Å². The molecule has 2 aromatic rings. The quantitative estimate of drug-likeness (QED) is 0.637. The molecule has 0 N–H and O–H groups in total. The Morgan fingerprint density at radius 2 is 1.69 bits per heavy atom. The van der Waals surface area contributed by atoms with Crippen molar-refractivity contribution in [1.29, 1.82) is 0 Å². The first kappa shape index (κ1) is 22.3. The first-order chi connectivity index (χ1) is 15.6. The number of amides is 1. The van der Waals surface area contributed by atoms with Crippen molar-refractivity contribution in [3.63, 3.8) is 0 Å². The Morgan fingerprint density at radius 1 is 0.969 bits per heavy atom. The number of methoxy groups -OCH3 is 3. The number of benzene rings is 1. The predicted molar refractivity (Wildman–Crippen MR) is 117 cm³/mol. The smallest absolute Gasteiger partial charge is 0.250 e.